The quantitative estimate of drug-likeness (QED) is 0.870. The van der Waals surface area contributed by atoms with Crippen LogP contribution in [-0.2, 0) is 6.54 Å². The lowest BCUT2D eigenvalue weighted by molar-refractivity contribution is 0.907. The summed E-state index contributed by atoms with van der Waals surface area (Å²) in [4.78, 5) is 2.66. The second-order valence-corrected chi connectivity index (χ2v) is 5.56. The number of nitrogens with two attached hydrogens (primary N) is 1. The van der Waals surface area contributed by atoms with Gasteiger partial charge in [-0.3, -0.25) is 0 Å². The van der Waals surface area contributed by atoms with E-state index in [0.29, 0.717) is 4.99 Å². The Morgan fingerprint density at radius 3 is 2.35 bits per heavy atom. The Kier molecular flexibility index (Phi) is 4.40. The summed E-state index contributed by atoms with van der Waals surface area (Å²) < 4.78 is 0. The Hall–Kier alpha value is -1.87. The summed E-state index contributed by atoms with van der Waals surface area (Å²) in [7, 11) is 2.08. The minimum absolute atomic E-state index is 0.445. The Morgan fingerprint density at radius 1 is 1.05 bits per heavy atom. The van der Waals surface area contributed by atoms with Crippen LogP contribution in [0.5, 0.6) is 0 Å². The summed E-state index contributed by atoms with van der Waals surface area (Å²) in [6.45, 7) is 5.06. The predicted octanol–water partition coefficient (Wildman–Crippen LogP) is 3.57. The van der Waals surface area contributed by atoms with Gasteiger partial charge in [-0.15, -0.1) is 0 Å². The molecule has 2 nitrogen and oxygen atoms in total. The standard InChI is InChI=1S/C17H20N2S/c1-12-7-4-5-9-14(12)11-19(3)16-13(2)8-6-10-15(16)17(18)20/h4-10H,11H2,1-3H3,(H2,18,20). The van der Waals surface area contributed by atoms with Gasteiger partial charge in [-0.1, -0.05) is 48.6 Å². The van der Waals surface area contributed by atoms with Crippen molar-refractivity contribution in [3.05, 3.63) is 64.7 Å². The number of para-hydroxylation sites is 1. The molecule has 0 saturated carbocycles. The molecular formula is C17H20N2S. The molecule has 3 heteroatoms. The van der Waals surface area contributed by atoms with Gasteiger partial charge in [0.25, 0.3) is 0 Å². The van der Waals surface area contributed by atoms with Crippen LogP contribution in [0.2, 0.25) is 0 Å². The van der Waals surface area contributed by atoms with E-state index in [-0.39, 0.29) is 0 Å². The lowest BCUT2D eigenvalue weighted by Crippen LogP contribution is -2.23. The van der Waals surface area contributed by atoms with Gasteiger partial charge in [0, 0.05) is 24.8 Å². The maximum Gasteiger partial charge on any atom is 0.106 e. The zero-order chi connectivity index (χ0) is 14.7. The first-order chi connectivity index (χ1) is 9.50. The van der Waals surface area contributed by atoms with E-state index in [2.05, 4.69) is 56.1 Å². The number of nitrogens with zero attached hydrogens (tertiary/aromatic N) is 1. The van der Waals surface area contributed by atoms with Crippen molar-refractivity contribution in [1.82, 2.24) is 0 Å². The normalized spacial score (nSPS) is 10.3. The summed E-state index contributed by atoms with van der Waals surface area (Å²) in [5, 5.41) is 0. The fourth-order valence-electron chi connectivity index (χ4n) is 2.49. The van der Waals surface area contributed by atoms with E-state index in [1.165, 1.54) is 16.7 Å². The molecule has 2 rings (SSSR count). The highest BCUT2D eigenvalue weighted by molar-refractivity contribution is 7.80. The maximum atomic E-state index is 5.85. The summed E-state index contributed by atoms with van der Waals surface area (Å²) in [6, 6.07) is 14.5. The van der Waals surface area contributed by atoms with Crippen LogP contribution in [0, 0.1) is 13.8 Å². The molecule has 0 spiro atoms. The SMILES string of the molecule is Cc1ccccc1CN(C)c1c(C)cccc1C(N)=S. The van der Waals surface area contributed by atoms with Crippen LogP contribution in [0.1, 0.15) is 22.3 Å². The van der Waals surface area contributed by atoms with E-state index >= 15 is 0 Å². The van der Waals surface area contributed by atoms with Crippen molar-refractivity contribution in [3.8, 4) is 0 Å². The smallest absolute Gasteiger partial charge is 0.106 e. The first kappa shape index (κ1) is 14.5. The number of rotatable bonds is 4. The molecule has 0 aliphatic heterocycles. The molecule has 0 heterocycles. The van der Waals surface area contributed by atoms with Crippen LogP contribution >= 0.6 is 12.2 Å². The second kappa shape index (κ2) is 6.06. The predicted molar refractivity (Wildman–Crippen MR) is 90.4 cm³/mol. The number of anilines is 1. The van der Waals surface area contributed by atoms with Crippen LogP contribution in [0.3, 0.4) is 0 Å². The zero-order valence-corrected chi connectivity index (χ0v) is 13.0. The topological polar surface area (TPSA) is 29.3 Å². The Labute approximate surface area is 126 Å². The number of thiocarbonyl (C=S) groups is 1. The number of benzene rings is 2. The van der Waals surface area contributed by atoms with E-state index in [4.69, 9.17) is 18.0 Å². The van der Waals surface area contributed by atoms with Gasteiger partial charge in [-0.05, 0) is 36.6 Å². The molecule has 0 radical (unpaired) electrons. The van der Waals surface area contributed by atoms with Gasteiger partial charge < -0.3 is 10.6 Å². The molecule has 20 heavy (non-hydrogen) atoms. The average Bonchev–Trinajstić information content (AvgIpc) is 2.40. The highest BCUT2D eigenvalue weighted by Gasteiger charge is 2.13. The molecule has 0 saturated heterocycles. The van der Waals surface area contributed by atoms with Crippen LogP contribution < -0.4 is 10.6 Å². The van der Waals surface area contributed by atoms with Gasteiger partial charge in [0.1, 0.15) is 4.99 Å². The molecule has 0 amide bonds. The molecule has 0 bridgehead atoms. The van der Waals surface area contributed by atoms with Gasteiger partial charge >= 0.3 is 0 Å². The van der Waals surface area contributed by atoms with Crippen molar-refractivity contribution in [2.75, 3.05) is 11.9 Å². The summed E-state index contributed by atoms with van der Waals surface area (Å²) in [5.41, 5.74) is 11.7. The third kappa shape index (κ3) is 2.99. The summed E-state index contributed by atoms with van der Waals surface area (Å²) >= 11 is 5.17. The van der Waals surface area contributed by atoms with E-state index in [1.807, 2.05) is 12.1 Å². The molecule has 104 valence electrons. The molecule has 0 unspecified atom stereocenters. The monoisotopic (exact) mass is 284 g/mol. The van der Waals surface area contributed by atoms with Crippen molar-refractivity contribution in [1.29, 1.82) is 0 Å². The zero-order valence-electron chi connectivity index (χ0n) is 12.2. The fraction of sp³-hybridized carbons (Fsp3) is 0.235. The van der Waals surface area contributed by atoms with E-state index in [0.717, 1.165) is 17.8 Å². The van der Waals surface area contributed by atoms with Crippen molar-refractivity contribution < 1.29 is 0 Å². The molecule has 0 aliphatic carbocycles. The third-order valence-corrected chi connectivity index (χ3v) is 3.77. The average molecular weight is 284 g/mol. The molecule has 0 aliphatic rings. The van der Waals surface area contributed by atoms with Crippen molar-refractivity contribution >= 4 is 22.9 Å². The minimum atomic E-state index is 0.445. The van der Waals surface area contributed by atoms with Crippen LogP contribution in [-0.4, -0.2) is 12.0 Å². The third-order valence-electron chi connectivity index (χ3n) is 3.55. The molecular weight excluding hydrogens is 264 g/mol. The molecule has 0 fully saturated rings. The molecule has 0 atom stereocenters. The summed E-state index contributed by atoms with van der Waals surface area (Å²) in [6.07, 6.45) is 0. The maximum absolute atomic E-state index is 5.85. The number of hydrogen-bond donors (Lipinski definition) is 1. The molecule has 2 N–H and O–H groups in total. The van der Waals surface area contributed by atoms with Crippen molar-refractivity contribution in [2.45, 2.75) is 20.4 Å². The lowest BCUT2D eigenvalue weighted by Gasteiger charge is -2.25. The van der Waals surface area contributed by atoms with Gasteiger partial charge in [0.05, 0.1) is 0 Å². The largest absolute Gasteiger partial charge is 0.389 e. The molecule has 2 aromatic rings. The van der Waals surface area contributed by atoms with Crippen molar-refractivity contribution in [2.24, 2.45) is 5.73 Å². The Morgan fingerprint density at radius 2 is 1.70 bits per heavy atom. The van der Waals surface area contributed by atoms with E-state index in [9.17, 15) is 0 Å². The van der Waals surface area contributed by atoms with Gasteiger partial charge in [-0.25, -0.2) is 0 Å². The van der Waals surface area contributed by atoms with Gasteiger partial charge in [-0.2, -0.15) is 0 Å². The number of aryl methyl sites for hydroxylation is 2. The van der Waals surface area contributed by atoms with Crippen molar-refractivity contribution in [3.63, 3.8) is 0 Å². The Bertz CT molecular complexity index is 635. The van der Waals surface area contributed by atoms with E-state index < -0.39 is 0 Å². The first-order valence-electron chi connectivity index (χ1n) is 6.65. The fourth-order valence-corrected chi connectivity index (χ4v) is 2.65. The Balaban J connectivity index is 2.37. The number of hydrogen-bond acceptors (Lipinski definition) is 2. The lowest BCUT2D eigenvalue weighted by atomic mass is 10.0. The van der Waals surface area contributed by atoms with Crippen LogP contribution in [0.15, 0.2) is 42.5 Å². The first-order valence-corrected chi connectivity index (χ1v) is 7.06. The second-order valence-electron chi connectivity index (χ2n) is 5.12. The molecule has 2 aromatic carbocycles. The molecule has 0 aromatic heterocycles. The summed E-state index contributed by atoms with van der Waals surface area (Å²) in [5.74, 6) is 0. The van der Waals surface area contributed by atoms with E-state index in [1.54, 1.807) is 0 Å². The van der Waals surface area contributed by atoms with Crippen LogP contribution in [0.25, 0.3) is 0 Å². The van der Waals surface area contributed by atoms with Crippen LogP contribution in [0.4, 0.5) is 5.69 Å². The highest BCUT2D eigenvalue weighted by Crippen LogP contribution is 2.26. The van der Waals surface area contributed by atoms with Gasteiger partial charge in [0.15, 0.2) is 0 Å². The van der Waals surface area contributed by atoms with Gasteiger partial charge in [0.2, 0.25) is 0 Å². The highest BCUT2D eigenvalue weighted by atomic mass is 32.1. The minimum Gasteiger partial charge on any atom is -0.389 e.